The number of hydrogen-bond donors (Lipinski definition) is 2. The first-order valence-electron chi connectivity index (χ1n) is 5.63. The van der Waals surface area contributed by atoms with Gasteiger partial charge in [-0.05, 0) is 24.5 Å². The molecule has 1 aliphatic heterocycles. The van der Waals surface area contributed by atoms with Gasteiger partial charge in [-0.15, -0.1) is 0 Å². The summed E-state index contributed by atoms with van der Waals surface area (Å²) in [4.78, 5) is 14.0. The molecule has 0 radical (unpaired) electrons. The van der Waals surface area contributed by atoms with Crippen molar-refractivity contribution < 1.29 is 10.0 Å². The molecule has 5 nitrogen and oxygen atoms in total. The molecule has 3 rings (SSSR count). The normalized spacial score (nSPS) is 24.0. The molecule has 1 fully saturated rings. The van der Waals surface area contributed by atoms with Crippen LogP contribution in [0.15, 0.2) is 29.4 Å². The van der Waals surface area contributed by atoms with Gasteiger partial charge in [0.1, 0.15) is 6.04 Å². The van der Waals surface area contributed by atoms with E-state index in [9.17, 15) is 4.79 Å². The molecule has 0 bridgehead atoms. The average molecular weight is 231 g/mol. The first kappa shape index (κ1) is 10.1. The van der Waals surface area contributed by atoms with Crippen LogP contribution in [-0.4, -0.2) is 27.9 Å². The third-order valence-corrected chi connectivity index (χ3v) is 3.33. The van der Waals surface area contributed by atoms with Gasteiger partial charge in [-0.1, -0.05) is 23.4 Å². The van der Waals surface area contributed by atoms with Crippen LogP contribution in [0.3, 0.4) is 0 Å². The zero-order valence-electron chi connectivity index (χ0n) is 9.21. The molecule has 2 aliphatic rings. The van der Waals surface area contributed by atoms with Gasteiger partial charge in [0, 0.05) is 11.6 Å². The highest BCUT2D eigenvalue weighted by Crippen LogP contribution is 2.41. The molecule has 1 aromatic rings. The lowest BCUT2D eigenvalue weighted by atomic mass is 10.0. The molecule has 1 unspecified atom stereocenters. The number of rotatable bonds is 2. The molecular formula is C12H13N3O2. The number of oxime groups is 1. The van der Waals surface area contributed by atoms with E-state index in [0.29, 0.717) is 5.56 Å². The third kappa shape index (κ3) is 1.39. The van der Waals surface area contributed by atoms with E-state index < -0.39 is 6.04 Å². The van der Waals surface area contributed by atoms with Crippen LogP contribution in [0.5, 0.6) is 0 Å². The van der Waals surface area contributed by atoms with Crippen molar-refractivity contribution in [3.63, 3.8) is 0 Å². The monoisotopic (exact) mass is 231 g/mol. The summed E-state index contributed by atoms with van der Waals surface area (Å²) in [5.41, 5.74) is 7.21. The maximum absolute atomic E-state index is 12.2. The van der Waals surface area contributed by atoms with Gasteiger partial charge in [-0.2, -0.15) is 0 Å². The van der Waals surface area contributed by atoms with Crippen LogP contribution in [0.2, 0.25) is 0 Å². The van der Waals surface area contributed by atoms with Crippen LogP contribution >= 0.6 is 0 Å². The molecule has 1 amide bonds. The Morgan fingerprint density at radius 2 is 2.12 bits per heavy atom. The maximum Gasteiger partial charge on any atom is 0.255 e. The maximum atomic E-state index is 12.2. The van der Waals surface area contributed by atoms with Gasteiger partial charge in [0.25, 0.3) is 5.91 Å². The first-order chi connectivity index (χ1) is 8.24. The molecule has 0 spiro atoms. The highest BCUT2D eigenvalue weighted by Gasteiger charge is 2.46. The molecule has 17 heavy (non-hydrogen) atoms. The first-order valence-corrected chi connectivity index (χ1v) is 5.63. The largest absolute Gasteiger partial charge is 0.409 e. The van der Waals surface area contributed by atoms with Crippen molar-refractivity contribution in [2.24, 2.45) is 10.9 Å². The number of nitrogens with zero attached hydrogens (tertiary/aromatic N) is 2. The Labute approximate surface area is 98.5 Å². The highest BCUT2D eigenvalue weighted by molar-refractivity contribution is 6.05. The van der Waals surface area contributed by atoms with Crippen molar-refractivity contribution in [2.45, 2.75) is 24.9 Å². The predicted octanol–water partition coefficient (Wildman–Crippen LogP) is 1.09. The van der Waals surface area contributed by atoms with E-state index in [-0.39, 0.29) is 17.8 Å². The van der Waals surface area contributed by atoms with E-state index in [4.69, 9.17) is 10.9 Å². The molecule has 0 aromatic heterocycles. The van der Waals surface area contributed by atoms with E-state index in [1.807, 2.05) is 18.2 Å². The summed E-state index contributed by atoms with van der Waals surface area (Å²) in [6, 6.07) is 7.17. The molecule has 1 saturated carbocycles. The van der Waals surface area contributed by atoms with Crippen LogP contribution in [0.1, 0.15) is 34.8 Å². The number of carbonyl (C=O) groups excluding carboxylic acids is 1. The van der Waals surface area contributed by atoms with Crippen LogP contribution in [0.25, 0.3) is 0 Å². The molecule has 3 N–H and O–H groups in total. The quantitative estimate of drug-likeness (QED) is 0.346. The topological polar surface area (TPSA) is 78.9 Å². The SMILES string of the molecule is N/C(=N\O)C1c2ccccc2C(=O)N1C1CC1. The average Bonchev–Trinajstić information content (AvgIpc) is 3.15. The van der Waals surface area contributed by atoms with E-state index in [1.54, 1.807) is 11.0 Å². The van der Waals surface area contributed by atoms with Crippen molar-refractivity contribution in [2.75, 3.05) is 0 Å². The van der Waals surface area contributed by atoms with Crippen LogP contribution in [-0.2, 0) is 0 Å². The van der Waals surface area contributed by atoms with Gasteiger partial charge in [0.05, 0.1) is 0 Å². The Hall–Kier alpha value is -2.04. The minimum absolute atomic E-state index is 0.0142. The second-order valence-electron chi connectivity index (χ2n) is 4.46. The molecule has 1 aliphatic carbocycles. The van der Waals surface area contributed by atoms with Gasteiger partial charge in [-0.3, -0.25) is 4.79 Å². The number of amides is 1. The smallest absolute Gasteiger partial charge is 0.255 e. The Bertz CT molecular complexity index is 508. The van der Waals surface area contributed by atoms with E-state index >= 15 is 0 Å². The van der Waals surface area contributed by atoms with E-state index in [1.165, 1.54) is 0 Å². The number of hydrogen-bond acceptors (Lipinski definition) is 3. The Balaban J connectivity index is 2.12. The molecule has 1 aromatic carbocycles. The number of amidine groups is 1. The summed E-state index contributed by atoms with van der Waals surface area (Å²) in [6.45, 7) is 0. The van der Waals surface area contributed by atoms with Crippen LogP contribution in [0, 0.1) is 0 Å². The number of nitrogens with two attached hydrogens (primary N) is 1. The van der Waals surface area contributed by atoms with E-state index in [0.717, 1.165) is 18.4 Å². The lowest BCUT2D eigenvalue weighted by Crippen LogP contribution is -2.37. The molecular weight excluding hydrogens is 218 g/mol. The lowest BCUT2D eigenvalue weighted by Gasteiger charge is -2.23. The summed E-state index contributed by atoms with van der Waals surface area (Å²) in [5.74, 6) is 0.0647. The second kappa shape index (κ2) is 3.48. The molecule has 1 atom stereocenters. The van der Waals surface area contributed by atoms with Gasteiger partial charge in [0.15, 0.2) is 5.84 Å². The Morgan fingerprint density at radius 1 is 1.41 bits per heavy atom. The zero-order chi connectivity index (χ0) is 12.0. The van der Waals surface area contributed by atoms with Gasteiger partial charge < -0.3 is 15.8 Å². The minimum Gasteiger partial charge on any atom is -0.409 e. The summed E-state index contributed by atoms with van der Waals surface area (Å²) >= 11 is 0. The Morgan fingerprint density at radius 3 is 2.76 bits per heavy atom. The molecule has 5 heteroatoms. The number of fused-ring (bicyclic) bond motifs is 1. The van der Waals surface area contributed by atoms with Crippen molar-refractivity contribution in [3.8, 4) is 0 Å². The van der Waals surface area contributed by atoms with Crippen molar-refractivity contribution in [1.29, 1.82) is 0 Å². The predicted molar refractivity (Wildman–Crippen MR) is 61.8 cm³/mol. The lowest BCUT2D eigenvalue weighted by molar-refractivity contribution is 0.0748. The third-order valence-electron chi connectivity index (χ3n) is 3.33. The summed E-state index contributed by atoms with van der Waals surface area (Å²) in [7, 11) is 0. The number of benzene rings is 1. The van der Waals surface area contributed by atoms with Gasteiger partial charge in [-0.25, -0.2) is 0 Å². The van der Waals surface area contributed by atoms with Crippen LogP contribution in [0.4, 0.5) is 0 Å². The molecule has 88 valence electrons. The van der Waals surface area contributed by atoms with E-state index in [2.05, 4.69) is 5.16 Å². The molecule has 1 heterocycles. The van der Waals surface area contributed by atoms with Crippen LogP contribution < -0.4 is 5.73 Å². The standard InChI is InChI=1S/C12H13N3O2/c13-11(14-17)10-8-3-1-2-4-9(8)12(16)15(10)7-5-6-7/h1-4,7,10,17H,5-6H2,(H2,13,14). The fourth-order valence-electron chi connectivity index (χ4n) is 2.42. The van der Waals surface area contributed by atoms with Gasteiger partial charge >= 0.3 is 0 Å². The highest BCUT2D eigenvalue weighted by atomic mass is 16.4. The van der Waals surface area contributed by atoms with Crippen molar-refractivity contribution in [1.82, 2.24) is 4.90 Å². The fourth-order valence-corrected chi connectivity index (χ4v) is 2.42. The fraction of sp³-hybridized carbons (Fsp3) is 0.333. The molecule has 0 saturated heterocycles. The Kier molecular flexibility index (Phi) is 2.07. The van der Waals surface area contributed by atoms with Crippen molar-refractivity contribution in [3.05, 3.63) is 35.4 Å². The minimum atomic E-state index is -0.406. The van der Waals surface area contributed by atoms with Crippen molar-refractivity contribution >= 4 is 11.7 Å². The number of carbonyl (C=O) groups is 1. The summed E-state index contributed by atoms with van der Waals surface area (Å²) < 4.78 is 0. The second-order valence-corrected chi connectivity index (χ2v) is 4.46. The zero-order valence-corrected chi connectivity index (χ0v) is 9.21. The summed E-state index contributed by atoms with van der Waals surface area (Å²) in [5, 5.41) is 11.9. The van der Waals surface area contributed by atoms with Gasteiger partial charge in [0.2, 0.25) is 0 Å². The summed E-state index contributed by atoms with van der Waals surface area (Å²) in [6.07, 6.45) is 1.99.